The molecule has 0 atom stereocenters. The number of carboxylic acids is 1. The van der Waals surface area contributed by atoms with Crippen molar-refractivity contribution in [3.8, 4) is 5.75 Å². The third kappa shape index (κ3) is 3.23. The zero-order valence-electron chi connectivity index (χ0n) is 10.6. The number of esters is 1. The van der Waals surface area contributed by atoms with Crippen LogP contribution in [-0.2, 0) is 9.53 Å². The van der Waals surface area contributed by atoms with Gasteiger partial charge in [-0.3, -0.25) is 0 Å². The van der Waals surface area contributed by atoms with Crippen LogP contribution < -0.4 is 4.74 Å². The number of carbonyl (C=O) groups is 2. The molecule has 0 aliphatic rings. The average Bonchev–Trinajstić information content (AvgIpc) is 2.29. The molecule has 0 fully saturated rings. The maximum absolute atomic E-state index is 11.7. The summed E-state index contributed by atoms with van der Waals surface area (Å²) in [5.41, 5.74) is -1.23. The van der Waals surface area contributed by atoms with Crippen molar-refractivity contribution in [2.75, 3.05) is 6.61 Å². The molecule has 0 heterocycles. The summed E-state index contributed by atoms with van der Waals surface area (Å²) in [6, 6.07) is 6.15. The maximum atomic E-state index is 11.7. The number of carbonyl (C=O) groups excluding carboxylic acids is 1. The van der Waals surface area contributed by atoms with Crippen LogP contribution in [0.4, 0.5) is 0 Å². The Labute approximate surface area is 105 Å². The monoisotopic (exact) mass is 252 g/mol. The lowest BCUT2D eigenvalue weighted by Crippen LogP contribution is -2.40. The molecule has 0 bridgehead atoms. The molecule has 0 radical (unpaired) electrons. The zero-order valence-corrected chi connectivity index (χ0v) is 10.6. The molecule has 98 valence electrons. The van der Waals surface area contributed by atoms with E-state index in [4.69, 9.17) is 14.6 Å². The van der Waals surface area contributed by atoms with Gasteiger partial charge < -0.3 is 14.6 Å². The molecular formula is C13H16O5. The van der Waals surface area contributed by atoms with Crippen molar-refractivity contribution in [1.82, 2.24) is 0 Å². The van der Waals surface area contributed by atoms with Gasteiger partial charge in [-0.05, 0) is 32.9 Å². The summed E-state index contributed by atoms with van der Waals surface area (Å²) in [5.74, 6) is -1.50. The van der Waals surface area contributed by atoms with E-state index in [2.05, 4.69) is 0 Å². The normalized spacial score (nSPS) is 10.8. The fourth-order valence-electron chi connectivity index (χ4n) is 1.35. The molecule has 1 aromatic carbocycles. The number of hydrogen-bond acceptors (Lipinski definition) is 4. The Morgan fingerprint density at radius 1 is 1.28 bits per heavy atom. The zero-order chi connectivity index (χ0) is 13.8. The number of carboxylic acid groups (broad SMARTS) is 1. The topological polar surface area (TPSA) is 72.8 Å². The lowest BCUT2D eigenvalue weighted by atomic mass is 10.1. The van der Waals surface area contributed by atoms with Crippen LogP contribution in [0.1, 0.15) is 31.1 Å². The third-order valence-electron chi connectivity index (χ3n) is 2.25. The first kappa shape index (κ1) is 14.0. The maximum Gasteiger partial charge on any atom is 0.349 e. The van der Waals surface area contributed by atoms with Gasteiger partial charge in [-0.2, -0.15) is 0 Å². The Kier molecular flexibility index (Phi) is 4.31. The van der Waals surface area contributed by atoms with Crippen LogP contribution >= 0.6 is 0 Å². The molecule has 0 aliphatic heterocycles. The van der Waals surface area contributed by atoms with Crippen LogP contribution in [0.25, 0.3) is 0 Å². The van der Waals surface area contributed by atoms with Gasteiger partial charge in [0, 0.05) is 0 Å². The lowest BCUT2D eigenvalue weighted by molar-refractivity contribution is -0.158. The summed E-state index contributed by atoms with van der Waals surface area (Å²) >= 11 is 0. The fraction of sp³-hybridized carbons (Fsp3) is 0.385. The Bertz CT molecular complexity index is 450. The predicted molar refractivity (Wildman–Crippen MR) is 64.7 cm³/mol. The van der Waals surface area contributed by atoms with Crippen LogP contribution in [0, 0.1) is 0 Å². The molecule has 0 unspecified atom stereocenters. The van der Waals surface area contributed by atoms with Crippen molar-refractivity contribution in [2.24, 2.45) is 0 Å². The summed E-state index contributed by atoms with van der Waals surface area (Å²) in [5, 5.41) is 9.01. The van der Waals surface area contributed by atoms with Gasteiger partial charge in [0.1, 0.15) is 11.3 Å². The van der Waals surface area contributed by atoms with E-state index in [0.29, 0.717) is 0 Å². The second-order valence-electron chi connectivity index (χ2n) is 4.13. The van der Waals surface area contributed by atoms with E-state index in [1.54, 1.807) is 19.1 Å². The van der Waals surface area contributed by atoms with Crippen LogP contribution in [0.5, 0.6) is 5.75 Å². The molecule has 0 amide bonds. The Balaban J connectivity index is 2.97. The largest absolute Gasteiger partial charge is 0.478 e. The standard InChI is InChI=1S/C13H16O5/c1-4-17-12(16)13(2,3)18-10-8-6-5-7-9(10)11(14)15/h5-8H,4H2,1-3H3,(H,14,15). The number of para-hydroxylation sites is 1. The first-order chi connectivity index (χ1) is 8.38. The quantitative estimate of drug-likeness (QED) is 0.812. The number of hydrogen-bond donors (Lipinski definition) is 1. The Morgan fingerprint density at radius 3 is 2.44 bits per heavy atom. The summed E-state index contributed by atoms with van der Waals surface area (Å²) in [7, 11) is 0. The van der Waals surface area contributed by atoms with Gasteiger partial charge in [-0.15, -0.1) is 0 Å². The minimum Gasteiger partial charge on any atom is -0.478 e. The number of aromatic carboxylic acids is 1. The lowest BCUT2D eigenvalue weighted by Gasteiger charge is -2.24. The molecule has 0 aliphatic carbocycles. The van der Waals surface area contributed by atoms with E-state index in [9.17, 15) is 9.59 Å². The fourth-order valence-corrected chi connectivity index (χ4v) is 1.35. The molecule has 0 saturated heterocycles. The molecule has 0 aromatic heterocycles. The van der Waals surface area contributed by atoms with E-state index in [-0.39, 0.29) is 17.9 Å². The average molecular weight is 252 g/mol. The van der Waals surface area contributed by atoms with Gasteiger partial charge in [0.15, 0.2) is 5.60 Å². The van der Waals surface area contributed by atoms with Crippen LogP contribution in [0.15, 0.2) is 24.3 Å². The molecular weight excluding hydrogens is 236 g/mol. The third-order valence-corrected chi connectivity index (χ3v) is 2.25. The second-order valence-corrected chi connectivity index (χ2v) is 4.13. The van der Waals surface area contributed by atoms with E-state index in [1.807, 2.05) is 0 Å². The van der Waals surface area contributed by atoms with Crippen molar-refractivity contribution >= 4 is 11.9 Å². The van der Waals surface area contributed by atoms with E-state index < -0.39 is 17.5 Å². The highest BCUT2D eigenvalue weighted by Gasteiger charge is 2.32. The predicted octanol–water partition coefficient (Wildman–Crippen LogP) is 2.11. The molecule has 5 heteroatoms. The van der Waals surface area contributed by atoms with Crippen molar-refractivity contribution < 1.29 is 24.2 Å². The highest BCUT2D eigenvalue weighted by atomic mass is 16.6. The Morgan fingerprint density at radius 2 is 1.89 bits per heavy atom. The number of rotatable bonds is 5. The summed E-state index contributed by atoms with van der Waals surface area (Å²) in [6.45, 7) is 5.00. The van der Waals surface area contributed by atoms with Crippen molar-refractivity contribution in [3.05, 3.63) is 29.8 Å². The number of benzene rings is 1. The Hall–Kier alpha value is -2.04. The SMILES string of the molecule is CCOC(=O)C(C)(C)Oc1ccccc1C(=O)O. The van der Waals surface area contributed by atoms with E-state index in [1.165, 1.54) is 26.0 Å². The minimum atomic E-state index is -1.23. The molecule has 0 spiro atoms. The van der Waals surface area contributed by atoms with Crippen LogP contribution in [0.3, 0.4) is 0 Å². The molecule has 1 aromatic rings. The molecule has 1 N–H and O–H groups in total. The van der Waals surface area contributed by atoms with Gasteiger partial charge in [0.05, 0.1) is 6.61 Å². The summed E-state index contributed by atoms with van der Waals surface area (Å²) < 4.78 is 10.3. The minimum absolute atomic E-state index is 0.00914. The van der Waals surface area contributed by atoms with Gasteiger partial charge in [-0.25, -0.2) is 9.59 Å². The van der Waals surface area contributed by atoms with Gasteiger partial charge >= 0.3 is 11.9 Å². The highest BCUT2D eigenvalue weighted by Crippen LogP contribution is 2.24. The molecule has 5 nitrogen and oxygen atoms in total. The molecule has 1 rings (SSSR count). The van der Waals surface area contributed by atoms with Crippen LogP contribution in [-0.4, -0.2) is 29.3 Å². The van der Waals surface area contributed by atoms with Gasteiger partial charge in [-0.1, -0.05) is 12.1 Å². The summed E-state index contributed by atoms with van der Waals surface area (Å²) in [6.07, 6.45) is 0. The number of ether oxygens (including phenoxy) is 2. The van der Waals surface area contributed by atoms with Crippen molar-refractivity contribution in [1.29, 1.82) is 0 Å². The van der Waals surface area contributed by atoms with Crippen LogP contribution in [0.2, 0.25) is 0 Å². The van der Waals surface area contributed by atoms with E-state index >= 15 is 0 Å². The first-order valence-electron chi connectivity index (χ1n) is 5.57. The van der Waals surface area contributed by atoms with Crippen molar-refractivity contribution in [3.63, 3.8) is 0 Å². The van der Waals surface area contributed by atoms with E-state index in [0.717, 1.165) is 0 Å². The summed E-state index contributed by atoms with van der Waals surface area (Å²) in [4.78, 5) is 22.7. The molecule has 0 saturated carbocycles. The first-order valence-corrected chi connectivity index (χ1v) is 5.57. The van der Waals surface area contributed by atoms with Gasteiger partial charge in [0.2, 0.25) is 0 Å². The van der Waals surface area contributed by atoms with Gasteiger partial charge in [0.25, 0.3) is 0 Å². The second kappa shape index (κ2) is 5.53. The molecule has 18 heavy (non-hydrogen) atoms. The van der Waals surface area contributed by atoms with Crippen molar-refractivity contribution in [2.45, 2.75) is 26.4 Å². The smallest absolute Gasteiger partial charge is 0.349 e. The highest BCUT2D eigenvalue weighted by molar-refractivity contribution is 5.91.